The van der Waals surface area contributed by atoms with Crippen molar-refractivity contribution in [1.82, 2.24) is 0 Å². The van der Waals surface area contributed by atoms with Crippen LogP contribution in [0.4, 0.5) is 0 Å². The predicted molar refractivity (Wildman–Crippen MR) is 126 cm³/mol. The quantitative estimate of drug-likeness (QED) is 0.192. The molecule has 1 atom stereocenters. The highest BCUT2D eigenvalue weighted by Crippen LogP contribution is 2.23. The van der Waals surface area contributed by atoms with E-state index in [1.165, 1.54) is 42.9 Å². The molecule has 0 heterocycles. The molecule has 3 aromatic rings. The van der Waals surface area contributed by atoms with E-state index in [1.807, 2.05) is 30.3 Å². The molecule has 0 fully saturated rings. The number of benzene rings is 3. The molecule has 0 aliphatic rings. The molecule has 162 valence electrons. The van der Waals surface area contributed by atoms with E-state index >= 15 is 0 Å². The highest BCUT2D eigenvalue weighted by atomic mass is 16.5. The van der Waals surface area contributed by atoms with Gasteiger partial charge in [0.25, 0.3) is 0 Å². The number of hydrogen-bond donors (Lipinski definition) is 0. The number of ether oxygens (including phenoxy) is 2. The molecule has 0 aromatic heterocycles. The lowest BCUT2D eigenvalue weighted by atomic mass is 10.0. The van der Waals surface area contributed by atoms with Crippen molar-refractivity contribution in [3.05, 3.63) is 90.0 Å². The minimum Gasteiger partial charge on any atom is -0.427 e. The highest BCUT2D eigenvalue weighted by Gasteiger charge is 2.04. The van der Waals surface area contributed by atoms with Gasteiger partial charge in [0.2, 0.25) is 0 Å². The molecular weight excluding hydrogens is 384 g/mol. The van der Waals surface area contributed by atoms with E-state index in [-0.39, 0.29) is 5.97 Å². The molecule has 0 saturated carbocycles. The van der Waals surface area contributed by atoms with Crippen LogP contribution in [0, 0.1) is 0 Å². The van der Waals surface area contributed by atoms with Gasteiger partial charge >= 0.3 is 5.97 Å². The third kappa shape index (κ3) is 8.03. The van der Waals surface area contributed by atoms with Crippen LogP contribution in [-0.2, 0) is 22.6 Å². The maximum Gasteiger partial charge on any atom is 0.308 e. The van der Waals surface area contributed by atoms with E-state index in [4.69, 9.17) is 9.47 Å². The van der Waals surface area contributed by atoms with Crippen LogP contribution in [-0.4, -0.2) is 12.1 Å². The van der Waals surface area contributed by atoms with Crippen molar-refractivity contribution >= 4 is 5.97 Å². The van der Waals surface area contributed by atoms with Crippen LogP contribution in [0.1, 0.15) is 50.7 Å². The first-order chi connectivity index (χ1) is 15.1. The van der Waals surface area contributed by atoms with Crippen LogP contribution < -0.4 is 4.74 Å². The number of carbonyl (C=O) groups is 1. The highest BCUT2D eigenvalue weighted by molar-refractivity contribution is 5.70. The van der Waals surface area contributed by atoms with E-state index in [0.717, 1.165) is 18.4 Å². The molecule has 0 saturated heterocycles. The zero-order valence-electron chi connectivity index (χ0n) is 18.6. The van der Waals surface area contributed by atoms with E-state index in [2.05, 4.69) is 55.5 Å². The summed E-state index contributed by atoms with van der Waals surface area (Å²) in [4.78, 5) is 11.0. The summed E-state index contributed by atoms with van der Waals surface area (Å²) < 4.78 is 11.0. The van der Waals surface area contributed by atoms with Crippen molar-refractivity contribution in [3.8, 4) is 16.9 Å². The summed E-state index contributed by atoms with van der Waals surface area (Å²) in [5.41, 5.74) is 4.89. The van der Waals surface area contributed by atoms with Crippen molar-refractivity contribution in [2.45, 2.75) is 58.7 Å². The zero-order chi connectivity index (χ0) is 21.9. The molecule has 3 aromatic carbocycles. The first-order valence-electron chi connectivity index (χ1n) is 11.1. The zero-order valence-corrected chi connectivity index (χ0v) is 18.6. The van der Waals surface area contributed by atoms with Crippen molar-refractivity contribution in [3.63, 3.8) is 0 Å². The molecule has 31 heavy (non-hydrogen) atoms. The number of unbranched alkanes of at least 4 members (excludes halogenated alkanes) is 2. The third-order valence-corrected chi connectivity index (χ3v) is 5.36. The Labute approximate surface area is 186 Å². The lowest BCUT2D eigenvalue weighted by Crippen LogP contribution is -2.08. The summed E-state index contributed by atoms with van der Waals surface area (Å²) >= 11 is 0. The van der Waals surface area contributed by atoms with Gasteiger partial charge in [-0.3, -0.25) is 4.79 Å². The van der Waals surface area contributed by atoms with Crippen LogP contribution in [0.2, 0.25) is 0 Å². The minimum absolute atomic E-state index is 0.298. The fourth-order valence-corrected chi connectivity index (χ4v) is 3.58. The van der Waals surface area contributed by atoms with Gasteiger partial charge in [0.15, 0.2) is 0 Å². The van der Waals surface area contributed by atoms with Crippen LogP contribution in [0.15, 0.2) is 78.9 Å². The van der Waals surface area contributed by atoms with Gasteiger partial charge in [-0.25, -0.2) is 0 Å². The maximum absolute atomic E-state index is 11.0. The molecule has 0 N–H and O–H groups in total. The first-order valence-corrected chi connectivity index (χ1v) is 11.1. The number of carbonyl (C=O) groups excluding carboxylic acids is 1. The Hall–Kier alpha value is -2.91. The molecular formula is C28H32O3. The number of rotatable bonds is 11. The standard InChI is InChI=1S/C28H32O3/c1-22(30-21-25-11-7-4-8-12-25)9-5-3-6-10-24-13-15-26(16-14-24)27-17-19-28(20-18-27)31-23(2)29/h4,7-8,11-20,22H,3,5-6,9-10,21H2,1-2H3. The van der Waals surface area contributed by atoms with E-state index in [1.54, 1.807) is 0 Å². The largest absolute Gasteiger partial charge is 0.427 e. The van der Waals surface area contributed by atoms with E-state index < -0.39 is 0 Å². The first kappa shape index (κ1) is 22.8. The molecule has 0 amide bonds. The van der Waals surface area contributed by atoms with Gasteiger partial charge in [-0.2, -0.15) is 0 Å². The smallest absolute Gasteiger partial charge is 0.308 e. The Morgan fingerprint density at radius 2 is 1.42 bits per heavy atom. The summed E-state index contributed by atoms with van der Waals surface area (Å²) in [6.45, 7) is 4.27. The van der Waals surface area contributed by atoms with Gasteiger partial charge in [-0.15, -0.1) is 0 Å². The summed E-state index contributed by atoms with van der Waals surface area (Å²) in [7, 11) is 0. The average Bonchev–Trinajstić information content (AvgIpc) is 2.79. The van der Waals surface area contributed by atoms with Crippen molar-refractivity contribution in [1.29, 1.82) is 0 Å². The fraction of sp³-hybridized carbons (Fsp3) is 0.321. The van der Waals surface area contributed by atoms with Crippen molar-refractivity contribution < 1.29 is 14.3 Å². The molecule has 0 spiro atoms. The molecule has 0 radical (unpaired) electrons. The Morgan fingerprint density at radius 3 is 2.06 bits per heavy atom. The molecule has 3 rings (SSSR count). The Morgan fingerprint density at radius 1 is 0.774 bits per heavy atom. The Bertz CT molecular complexity index is 915. The van der Waals surface area contributed by atoms with Crippen molar-refractivity contribution in [2.24, 2.45) is 0 Å². The van der Waals surface area contributed by atoms with Gasteiger partial charge in [0.05, 0.1) is 12.7 Å². The summed E-state index contributed by atoms with van der Waals surface area (Å²) in [5, 5.41) is 0. The van der Waals surface area contributed by atoms with Crippen LogP contribution in [0.3, 0.4) is 0 Å². The second-order valence-corrected chi connectivity index (χ2v) is 8.02. The Balaban J connectivity index is 1.34. The van der Waals surface area contributed by atoms with Gasteiger partial charge in [-0.1, -0.05) is 79.6 Å². The lowest BCUT2D eigenvalue weighted by Gasteiger charge is -2.13. The van der Waals surface area contributed by atoms with Crippen LogP contribution >= 0.6 is 0 Å². The third-order valence-electron chi connectivity index (χ3n) is 5.36. The number of aryl methyl sites for hydroxylation is 1. The minimum atomic E-state index is -0.300. The SMILES string of the molecule is CC(=O)Oc1ccc(-c2ccc(CCCCCC(C)OCc3ccccc3)cc2)cc1. The van der Waals surface area contributed by atoms with E-state index in [9.17, 15) is 4.79 Å². The van der Waals surface area contributed by atoms with Gasteiger partial charge in [-0.05, 0) is 60.6 Å². The van der Waals surface area contributed by atoms with Gasteiger partial charge in [0.1, 0.15) is 5.75 Å². The predicted octanol–water partition coefficient (Wildman–Crippen LogP) is 6.99. The van der Waals surface area contributed by atoms with Crippen molar-refractivity contribution in [2.75, 3.05) is 0 Å². The molecule has 3 nitrogen and oxygen atoms in total. The van der Waals surface area contributed by atoms with E-state index in [0.29, 0.717) is 18.5 Å². The topological polar surface area (TPSA) is 35.5 Å². The fourth-order valence-electron chi connectivity index (χ4n) is 3.58. The summed E-state index contributed by atoms with van der Waals surface area (Å²) in [6.07, 6.45) is 6.12. The second kappa shape index (κ2) is 12.1. The molecule has 0 aliphatic heterocycles. The second-order valence-electron chi connectivity index (χ2n) is 8.02. The monoisotopic (exact) mass is 416 g/mol. The maximum atomic E-state index is 11.0. The van der Waals surface area contributed by atoms with Gasteiger partial charge in [0, 0.05) is 6.92 Å². The molecule has 3 heteroatoms. The lowest BCUT2D eigenvalue weighted by molar-refractivity contribution is -0.131. The van der Waals surface area contributed by atoms with Gasteiger partial charge < -0.3 is 9.47 Å². The van der Waals surface area contributed by atoms with Crippen LogP contribution in [0.25, 0.3) is 11.1 Å². The molecule has 1 unspecified atom stereocenters. The average molecular weight is 417 g/mol. The number of esters is 1. The number of hydrogen-bond acceptors (Lipinski definition) is 3. The van der Waals surface area contributed by atoms with Crippen LogP contribution in [0.5, 0.6) is 5.75 Å². The summed E-state index contributed by atoms with van der Waals surface area (Å²) in [5.74, 6) is 0.277. The molecule has 0 bridgehead atoms. The normalized spacial score (nSPS) is 11.8. The molecule has 0 aliphatic carbocycles. The summed E-state index contributed by atoms with van der Waals surface area (Å²) in [6, 6.07) is 26.7. The Kier molecular flexibility index (Phi) is 8.86.